The van der Waals surface area contributed by atoms with Gasteiger partial charge in [-0.05, 0) is 57.4 Å². The van der Waals surface area contributed by atoms with Crippen LogP contribution in [0.15, 0.2) is 48.5 Å². The summed E-state index contributed by atoms with van der Waals surface area (Å²) in [6.45, 7) is 7.99. The van der Waals surface area contributed by atoms with E-state index in [1.807, 2.05) is 64.2 Å². The van der Waals surface area contributed by atoms with E-state index in [9.17, 15) is 4.79 Å². The third-order valence-electron chi connectivity index (χ3n) is 5.90. The molecular formula is C25H31ClN4O2. The molecule has 4 rings (SSSR count). The van der Waals surface area contributed by atoms with Crippen molar-refractivity contribution in [1.82, 2.24) is 14.5 Å². The third-order valence-corrected chi connectivity index (χ3v) is 6.27. The lowest BCUT2D eigenvalue weighted by atomic mass is 10.0. The quantitative estimate of drug-likeness (QED) is 0.516. The molecule has 6 nitrogen and oxygen atoms in total. The molecule has 0 atom stereocenters. The number of para-hydroxylation sites is 2. The van der Waals surface area contributed by atoms with Gasteiger partial charge in [0.1, 0.15) is 5.60 Å². The van der Waals surface area contributed by atoms with E-state index in [4.69, 9.17) is 21.3 Å². The Kier molecular flexibility index (Phi) is 6.33. The number of aromatic nitrogens is 2. The van der Waals surface area contributed by atoms with Gasteiger partial charge >= 0.3 is 6.09 Å². The molecule has 2 aromatic carbocycles. The van der Waals surface area contributed by atoms with Gasteiger partial charge in [0.25, 0.3) is 0 Å². The third kappa shape index (κ3) is 4.85. The summed E-state index contributed by atoms with van der Waals surface area (Å²) < 4.78 is 7.79. The molecule has 0 bridgehead atoms. The normalized spacial score (nSPS) is 15.2. The SMILES string of the molecule is CN(C(=O)OC(C)(C)C)C1CCN(c2nc3ccccc3n2Cc2ccccc2Cl)CC1. The summed E-state index contributed by atoms with van der Waals surface area (Å²) in [5.74, 6) is 0.949. The maximum absolute atomic E-state index is 12.5. The molecule has 3 aromatic rings. The van der Waals surface area contributed by atoms with Gasteiger partial charge in [0.2, 0.25) is 5.95 Å². The van der Waals surface area contributed by atoms with Gasteiger partial charge in [-0.3, -0.25) is 0 Å². The van der Waals surface area contributed by atoms with E-state index >= 15 is 0 Å². The number of ether oxygens (including phenoxy) is 1. The Bertz CT molecular complexity index is 1100. The second-order valence-electron chi connectivity index (χ2n) is 9.39. The van der Waals surface area contributed by atoms with Crippen molar-refractivity contribution in [2.24, 2.45) is 0 Å². The Morgan fingerprint density at radius 2 is 1.78 bits per heavy atom. The van der Waals surface area contributed by atoms with Crippen molar-refractivity contribution in [1.29, 1.82) is 0 Å². The number of imidazole rings is 1. The molecule has 0 unspecified atom stereocenters. The van der Waals surface area contributed by atoms with Gasteiger partial charge in [-0.15, -0.1) is 0 Å². The van der Waals surface area contributed by atoms with E-state index in [-0.39, 0.29) is 12.1 Å². The zero-order valence-electron chi connectivity index (χ0n) is 19.2. The molecule has 0 saturated carbocycles. The topological polar surface area (TPSA) is 50.6 Å². The number of carbonyl (C=O) groups excluding carboxylic acids is 1. The fourth-order valence-corrected chi connectivity index (χ4v) is 4.39. The second-order valence-corrected chi connectivity index (χ2v) is 9.79. The highest BCUT2D eigenvalue weighted by Crippen LogP contribution is 2.29. The molecule has 1 aliphatic heterocycles. The van der Waals surface area contributed by atoms with Gasteiger partial charge in [-0.25, -0.2) is 9.78 Å². The minimum absolute atomic E-state index is 0.155. The molecule has 2 heterocycles. The summed E-state index contributed by atoms with van der Waals surface area (Å²) in [6, 6.07) is 16.3. The molecule has 1 fully saturated rings. The van der Waals surface area contributed by atoms with Crippen molar-refractivity contribution in [3.8, 4) is 0 Å². The molecular weight excluding hydrogens is 424 g/mol. The van der Waals surface area contributed by atoms with Crippen LogP contribution in [0.25, 0.3) is 11.0 Å². The Morgan fingerprint density at radius 3 is 2.47 bits per heavy atom. The number of hydrogen-bond donors (Lipinski definition) is 0. The average molecular weight is 455 g/mol. The van der Waals surface area contributed by atoms with Crippen LogP contribution in [0.1, 0.15) is 39.2 Å². The van der Waals surface area contributed by atoms with Crippen molar-refractivity contribution in [3.05, 3.63) is 59.1 Å². The zero-order chi connectivity index (χ0) is 22.9. The summed E-state index contributed by atoms with van der Waals surface area (Å²) in [4.78, 5) is 21.5. The molecule has 0 aliphatic carbocycles. The van der Waals surface area contributed by atoms with Gasteiger partial charge in [-0.2, -0.15) is 0 Å². The number of halogens is 1. The first-order chi connectivity index (χ1) is 15.2. The van der Waals surface area contributed by atoms with Crippen LogP contribution < -0.4 is 4.90 Å². The fourth-order valence-electron chi connectivity index (χ4n) is 4.19. The fraction of sp³-hybridized carbons (Fsp3) is 0.440. The van der Waals surface area contributed by atoms with Crippen LogP contribution in [0.4, 0.5) is 10.7 Å². The Morgan fingerprint density at radius 1 is 1.12 bits per heavy atom. The van der Waals surface area contributed by atoms with Crippen LogP contribution in [0.5, 0.6) is 0 Å². The van der Waals surface area contributed by atoms with E-state index in [2.05, 4.69) is 21.6 Å². The smallest absolute Gasteiger partial charge is 0.410 e. The molecule has 0 N–H and O–H groups in total. The van der Waals surface area contributed by atoms with Crippen molar-refractivity contribution < 1.29 is 9.53 Å². The zero-order valence-corrected chi connectivity index (χ0v) is 20.0. The number of carbonyl (C=O) groups is 1. The minimum atomic E-state index is -0.490. The summed E-state index contributed by atoms with van der Waals surface area (Å²) in [7, 11) is 1.83. The largest absolute Gasteiger partial charge is 0.444 e. The lowest BCUT2D eigenvalue weighted by molar-refractivity contribution is 0.0200. The van der Waals surface area contributed by atoms with E-state index in [0.29, 0.717) is 6.54 Å². The predicted octanol–water partition coefficient (Wildman–Crippen LogP) is 5.57. The lowest BCUT2D eigenvalue weighted by Crippen LogP contribution is -2.47. The van der Waals surface area contributed by atoms with E-state index in [1.165, 1.54) is 0 Å². The monoisotopic (exact) mass is 454 g/mol. The molecule has 0 spiro atoms. The first-order valence-electron chi connectivity index (χ1n) is 11.1. The van der Waals surface area contributed by atoms with Gasteiger partial charge in [0.15, 0.2) is 0 Å². The van der Waals surface area contributed by atoms with Crippen molar-refractivity contribution in [3.63, 3.8) is 0 Å². The first-order valence-corrected chi connectivity index (χ1v) is 11.5. The van der Waals surface area contributed by atoms with Crippen LogP contribution >= 0.6 is 11.6 Å². The standard InChI is InChI=1S/C25H31ClN4O2/c1-25(2,3)32-24(31)28(4)19-13-15-29(16-14-19)23-27-21-11-7-8-12-22(21)30(23)17-18-9-5-6-10-20(18)26/h5-12,19H,13-17H2,1-4H3. The molecule has 32 heavy (non-hydrogen) atoms. The molecule has 1 saturated heterocycles. The molecule has 7 heteroatoms. The van der Waals surface area contributed by atoms with Crippen LogP contribution in [0.2, 0.25) is 5.02 Å². The number of fused-ring (bicyclic) bond motifs is 1. The number of anilines is 1. The predicted molar refractivity (Wildman–Crippen MR) is 130 cm³/mol. The van der Waals surface area contributed by atoms with Gasteiger partial charge < -0.3 is 19.1 Å². The maximum Gasteiger partial charge on any atom is 0.410 e. The first kappa shape index (κ1) is 22.5. The highest BCUT2D eigenvalue weighted by molar-refractivity contribution is 6.31. The molecule has 1 aliphatic rings. The average Bonchev–Trinajstić information content (AvgIpc) is 3.12. The molecule has 0 radical (unpaired) electrons. The number of benzene rings is 2. The second kappa shape index (κ2) is 9.02. The van der Waals surface area contributed by atoms with Crippen LogP contribution in [-0.4, -0.2) is 52.3 Å². The molecule has 1 amide bonds. The lowest BCUT2D eigenvalue weighted by Gasteiger charge is -2.37. The highest BCUT2D eigenvalue weighted by Gasteiger charge is 2.30. The highest BCUT2D eigenvalue weighted by atomic mass is 35.5. The van der Waals surface area contributed by atoms with Crippen LogP contribution in [0, 0.1) is 0 Å². The van der Waals surface area contributed by atoms with Crippen LogP contribution in [0.3, 0.4) is 0 Å². The maximum atomic E-state index is 12.5. The van der Waals surface area contributed by atoms with Gasteiger partial charge in [0.05, 0.1) is 17.6 Å². The number of hydrogen-bond acceptors (Lipinski definition) is 4. The summed E-state index contributed by atoms with van der Waals surface area (Å²) >= 11 is 6.46. The van der Waals surface area contributed by atoms with Crippen molar-refractivity contribution in [2.45, 2.75) is 51.8 Å². The number of amides is 1. The summed E-state index contributed by atoms with van der Waals surface area (Å²) in [5.41, 5.74) is 2.64. The Labute approximate surface area is 194 Å². The van der Waals surface area contributed by atoms with E-state index < -0.39 is 5.60 Å². The number of piperidine rings is 1. The number of rotatable bonds is 4. The summed E-state index contributed by atoms with van der Waals surface area (Å²) in [6.07, 6.45) is 1.47. The summed E-state index contributed by atoms with van der Waals surface area (Å²) in [5, 5.41) is 0.758. The minimum Gasteiger partial charge on any atom is -0.444 e. The van der Waals surface area contributed by atoms with Crippen molar-refractivity contribution >= 4 is 34.7 Å². The van der Waals surface area contributed by atoms with Crippen LogP contribution in [-0.2, 0) is 11.3 Å². The van der Waals surface area contributed by atoms with E-state index in [1.54, 1.807) is 4.90 Å². The Hall–Kier alpha value is -2.73. The molecule has 170 valence electrons. The Balaban J connectivity index is 1.54. The van der Waals surface area contributed by atoms with Gasteiger partial charge in [-0.1, -0.05) is 41.9 Å². The van der Waals surface area contributed by atoms with Crippen molar-refractivity contribution in [2.75, 3.05) is 25.0 Å². The number of nitrogens with zero attached hydrogens (tertiary/aromatic N) is 4. The van der Waals surface area contributed by atoms with Gasteiger partial charge in [0, 0.05) is 31.2 Å². The van der Waals surface area contributed by atoms with E-state index in [0.717, 1.165) is 53.5 Å². The molecule has 1 aromatic heterocycles.